The van der Waals surface area contributed by atoms with Gasteiger partial charge in [-0.15, -0.1) is 0 Å². The van der Waals surface area contributed by atoms with Crippen LogP contribution in [0.4, 0.5) is 0 Å². The van der Waals surface area contributed by atoms with Crippen LogP contribution in [-0.2, 0) is 0 Å². The van der Waals surface area contributed by atoms with Crippen LogP contribution in [-0.4, -0.2) is 23.6 Å². The second-order valence-electron chi connectivity index (χ2n) is 4.69. The molecule has 5 heteroatoms. The maximum Gasteiger partial charge on any atom is 0.173 e. The molecule has 1 aromatic carbocycles. The quantitative estimate of drug-likeness (QED) is 0.579. The second kappa shape index (κ2) is 7.09. The Kier molecular flexibility index (Phi) is 5.42. The summed E-state index contributed by atoms with van der Waals surface area (Å²) in [5.41, 5.74) is 2.79. The number of ether oxygens (including phenoxy) is 1. The van der Waals surface area contributed by atoms with Crippen molar-refractivity contribution in [3.8, 4) is 5.75 Å². The standard InChI is InChI=1S/C16H16BrNO2S/c1-10-6-11(2)18-16(7-10)21-9-14(19)12-4-5-15(20-3)13(17)8-12/h4-8H,9H2,1-3H3. The summed E-state index contributed by atoms with van der Waals surface area (Å²) >= 11 is 4.85. The van der Waals surface area contributed by atoms with Crippen LogP contribution in [0.3, 0.4) is 0 Å². The summed E-state index contributed by atoms with van der Waals surface area (Å²) in [4.78, 5) is 16.7. The zero-order chi connectivity index (χ0) is 15.4. The van der Waals surface area contributed by atoms with Gasteiger partial charge in [0.25, 0.3) is 0 Å². The lowest BCUT2D eigenvalue weighted by atomic mass is 10.1. The number of rotatable bonds is 5. The Morgan fingerprint density at radius 3 is 2.67 bits per heavy atom. The zero-order valence-electron chi connectivity index (χ0n) is 12.1. The third-order valence-corrected chi connectivity index (χ3v) is 4.43. The van der Waals surface area contributed by atoms with Crippen LogP contribution in [0.2, 0.25) is 0 Å². The van der Waals surface area contributed by atoms with E-state index in [9.17, 15) is 4.79 Å². The van der Waals surface area contributed by atoms with Crippen molar-refractivity contribution in [2.45, 2.75) is 18.9 Å². The SMILES string of the molecule is COc1ccc(C(=O)CSc2cc(C)cc(C)n2)cc1Br. The fraction of sp³-hybridized carbons (Fsp3) is 0.250. The van der Waals surface area contributed by atoms with Gasteiger partial charge in [-0.1, -0.05) is 11.8 Å². The Labute approximate surface area is 137 Å². The molecular weight excluding hydrogens is 350 g/mol. The van der Waals surface area contributed by atoms with Crippen molar-refractivity contribution in [2.24, 2.45) is 0 Å². The van der Waals surface area contributed by atoms with Gasteiger partial charge in [0.15, 0.2) is 5.78 Å². The van der Waals surface area contributed by atoms with E-state index in [1.807, 2.05) is 26.0 Å². The van der Waals surface area contributed by atoms with Crippen molar-refractivity contribution in [3.05, 3.63) is 51.6 Å². The van der Waals surface area contributed by atoms with Gasteiger partial charge in [-0.2, -0.15) is 0 Å². The summed E-state index contributed by atoms with van der Waals surface area (Å²) in [6, 6.07) is 9.37. The van der Waals surface area contributed by atoms with Gasteiger partial charge in [0, 0.05) is 11.3 Å². The minimum absolute atomic E-state index is 0.0734. The molecule has 21 heavy (non-hydrogen) atoms. The van der Waals surface area contributed by atoms with Crippen LogP contribution >= 0.6 is 27.7 Å². The van der Waals surface area contributed by atoms with Gasteiger partial charge in [-0.25, -0.2) is 4.98 Å². The van der Waals surface area contributed by atoms with Gasteiger partial charge in [-0.05, 0) is 65.7 Å². The number of Topliss-reactive ketones (excluding diaryl/α,β-unsaturated/α-hetero) is 1. The third-order valence-electron chi connectivity index (χ3n) is 2.90. The largest absolute Gasteiger partial charge is 0.496 e. The first kappa shape index (κ1) is 16.0. The van der Waals surface area contributed by atoms with Gasteiger partial charge >= 0.3 is 0 Å². The summed E-state index contributed by atoms with van der Waals surface area (Å²) in [7, 11) is 1.60. The number of carbonyl (C=O) groups is 1. The summed E-state index contributed by atoms with van der Waals surface area (Å²) in [5, 5.41) is 0.883. The van der Waals surface area contributed by atoms with Crippen LogP contribution in [0.1, 0.15) is 21.6 Å². The molecule has 1 aromatic heterocycles. The lowest BCUT2D eigenvalue weighted by Gasteiger charge is -2.06. The highest BCUT2D eigenvalue weighted by molar-refractivity contribution is 9.10. The Bertz CT molecular complexity index is 653. The highest BCUT2D eigenvalue weighted by Gasteiger charge is 2.10. The third kappa shape index (κ3) is 4.32. The Morgan fingerprint density at radius 2 is 2.05 bits per heavy atom. The van der Waals surface area contributed by atoms with Crippen LogP contribution in [0.15, 0.2) is 39.8 Å². The van der Waals surface area contributed by atoms with E-state index in [0.717, 1.165) is 26.5 Å². The highest BCUT2D eigenvalue weighted by Crippen LogP contribution is 2.26. The summed E-state index contributed by atoms with van der Waals surface area (Å²) in [6.07, 6.45) is 0. The molecule has 0 fully saturated rings. The van der Waals surface area contributed by atoms with Crippen molar-refractivity contribution >= 4 is 33.5 Å². The minimum Gasteiger partial charge on any atom is -0.496 e. The van der Waals surface area contributed by atoms with Crippen molar-refractivity contribution in [2.75, 3.05) is 12.9 Å². The van der Waals surface area contributed by atoms with Crippen LogP contribution in [0, 0.1) is 13.8 Å². The van der Waals surface area contributed by atoms with Crippen molar-refractivity contribution in [1.29, 1.82) is 0 Å². The summed E-state index contributed by atoms with van der Waals surface area (Å²) in [5.74, 6) is 1.16. The first-order valence-electron chi connectivity index (χ1n) is 6.44. The molecule has 0 N–H and O–H groups in total. The predicted molar refractivity (Wildman–Crippen MR) is 89.5 cm³/mol. The fourth-order valence-electron chi connectivity index (χ4n) is 1.94. The van der Waals surface area contributed by atoms with Gasteiger partial charge in [-0.3, -0.25) is 4.79 Å². The van der Waals surface area contributed by atoms with Crippen molar-refractivity contribution in [3.63, 3.8) is 0 Å². The van der Waals surface area contributed by atoms with E-state index in [4.69, 9.17) is 4.74 Å². The molecule has 1 heterocycles. The first-order chi connectivity index (χ1) is 9.99. The molecule has 0 amide bonds. The topological polar surface area (TPSA) is 39.2 Å². The van der Waals surface area contributed by atoms with E-state index in [1.165, 1.54) is 11.8 Å². The fourth-order valence-corrected chi connectivity index (χ4v) is 3.40. The van der Waals surface area contributed by atoms with E-state index in [2.05, 4.69) is 20.9 Å². The van der Waals surface area contributed by atoms with Crippen LogP contribution in [0.5, 0.6) is 5.75 Å². The number of nitrogens with zero attached hydrogens (tertiary/aromatic N) is 1. The van der Waals surface area contributed by atoms with Crippen molar-refractivity contribution < 1.29 is 9.53 Å². The minimum atomic E-state index is 0.0734. The number of carbonyl (C=O) groups excluding carboxylic acids is 1. The maximum absolute atomic E-state index is 12.2. The molecule has 0 bridgehead atoms. The smallest absolute Gasteiger partial charge is 0.173 e. The maximum atomic E-state index is 12.2. The average Bonchev–Trinajstić information content (AvgIpc) is 2.43. The van der Waals surface area contributed by atoms with Gasteiger partial charge in [0.2, 0.25) is 0 Å². The second-order valence-corrected chi connectivity index (χ2v) is 6.54. The summed E-state index contributed by atoms with van der Waals surface area (Å²) < 4.78 is 5.94. The van der Waals surface area contributed by atoms with E-state index in [0.29, 0.717) is 11.3 Å². The number of aromatic nitrogens is 1. The molecule has 0 saturated carbocycles. The molecule has 0 atom stereocenters. The number of aryl methyl sites for hydroxylation is 2. The van der Waals surface area contributed by atoms with E-state index in [-0.39, 0.29) is 5.78 Å². The Hall–Kier alpha value is -1.33. The predicted octanol–water partition coefficient (Wildman–Crippen LogP) is 4.44. The van der Waals surface area contributed by atoms with E-state index >= 15 is 0 Å². The molecule has 2 rings (SSSR count). The molecule has 2 aromatic rings. The van der Waals surface area contributed by atoms with Gasteiger partial charge < -0.3 is 4.74 Å². The number of methoxy groups -OCH3 is 1. The molecule has 0 aliphatic rings. The molecular formula is C16H16BrNO2S. The monoisotopic (exact) mass is 365 g/mol. The van der Waals surface area contributed by atoms with Crippen LogP contribution < -0.4 is 4.74 Å². The number of thioether (sulfide) groups is 1. The van der Waals surface area contributed by atoms with E-state index in [1.54, 1.807) is 25.3 Å². The number of benzene rings is 1. The van der Waals surface area contributed by atoms with E-state index < -0.39 is 0 Å². The molecule has 0 unspecified atom stereocenters. The normalized spacial score (nSPS) is 10.5. The lowest BCUT2D eigenvalue weighted by molar-refractivity contribution is 0.102. The number of pyridine rings is 1. The Balaban J connectivity index is 2.06. The molecule has 0 radical (unpaired) electrons. The first-order valence-corrected chi connectivity index (χ1v) is 8.22. The zero-order valence-corrected chi connectivity index (χ0v) is 14.5. The lowest BCUT2D eigenvalue weighted by Crippen LogP contribution is -2.03. The highest BCUT2D eigenvalue weighted by atomic mass is 79.9. The van der Waals surface area contributed by atoms with Crippen molar-refractivity contribution in [1.82, 2.24) is 4.98 Å². The average molecular weight is 366 g/mol. The number of halogens is 1. The molecule has 0 spiro atoms. The Morgan fingerprint density at radius 1 is 1.29 bits per heavy atom. The van der Waals surface area contributed by atoms with Crippen LogP contribution in [0.25, 0.3) is 0 Å². The number of hydrogen-bond donors (Lipinski definition) is 0. The van der Waals surface area contributed by atoms with Gasteiger partial charge in [0.1, 0.15) is 5.75 Å². The molecule has 0 saturated heterocycles. The molecule has 0 aliphatic carbocycles. The molecule has 3 nitrogen and oxygen atoms in total. The molecule has 110 valence electrons. The molecule has 0 aliphatic heterocycles. The number of ketones is 1. The summed E-state index contributed by atoms with van der Waals surface area (Å²) in [6.45, 7) is 3.99. The van der Waals surface area contributed by atoms with Gasteiger partial charge in [0.05, 0.1) is 22.4 Å². The number of hydrogen-bond acceptors (Lipinski definition) is 4.